The summed E-state index contributed by atoms with van der Waals surface area (Å²) in [5.74, 6) is 0. The molecule has 0 aliphatic carbocycles. The molecule has 12 heavy (non-hydrogen) atoms. The third kappa shape index (κ3) is 1.90. The predicted octanol–water partition coefficient (Wildman–Crippen LogP) is 3.34. The summed E-state index contributed by atoms with van der Waals surface area (Å²) in [6.45, 7) is 0.664. The van der Waals surface area contributed by atoms with Gasteiger partial charge in [0.15, 0.2) is 0 Å². The van der Waals surface area contributed by atoms with Gasteiger partial charge >= 0.3 is 0 Å². The van der Waals surface area contributed by atoms with Gasteiger partial charge in [0.05, 0.1) is 8.47 Å². The molecule has 0 radical (unpaired) electrons. The van der Waals surface area contributed by atoms with E-state index in [2.05, 4.69) is 16.2 Å². The van der Waals surface area contributed by atoms with Gasteiger partial charge in [-0.1, -0.05) is 47.0 Å². The van der Waals surface area contributed by atoms with Gasteiger partial charge in [-0.15, -0.1) is 0 Å². The number of thioether (sulfide) groups is 4. The molecule has 0 atom stereocenters. The number of hydrogen-bond donors (Lipinski definition) is 1. The van der Waals surface area contributed by atoms with Gasteiger partial charge in [-0.25, -0.2) is 0 Å². The van der Waals surface area contributed by atoms with Crippen molar-refractivity contribution in [1.29, 1.82) is 0 Å². The van der Waals surface area contributed by atoms with Crippen molar-refractivity contribution in [3.8, 4) is 0 Å². The van der Waals surface area contributed by atoms with E-state index in [0.29, 0.717) is 6.54 Å². The molecule has 0 unspecified atom stereocenters. The van der Waals surface area contributed by atoms with E-state index in [-0.39, 0.29) is 0 Å². The maximum absolute atomic E-state index is 5.54. The first kappa shape index (κ1) is 9.15. The van der Waals surface area contributed by atoms with Crippen LogP contribution in [0.4, 0.5) is 0 Å². The molecule has 0 saturated heterocycles. The van der Waals surface area contributed by atoms with Gasteiger partial charge in [-0.05, 0) is 16.2 Å². The molecule has 0 bridgehead atoms. The van der Waals surface area contributed by atoms with Crippen LogP contribution in [0.5, 0.6) is 0 Å². The van der Waals surface area contributed by atoms with E-state index in [1.165, 1.54) is 13.4 Å². The molecule has 2 heterocycles. The van der Waals surface area contributed by atoms with Gasteiger partial charge in [0, 0.05) is 11.4 Å². The van der Waals surface area contributed by atoms with Crippen LogP contribution in [0.25, 0.3) is 0 Å². The summed E-state index contributed by atoms with van der Waals surface area (Å²) in [6, 6.07) is 0. The highest BCUT2D eigenvalue weighted by Crippen LogP contribution is 2.52. The van der Waals surface area contributed by atoms with E-state index in [1.54, 1.807) is 47.0 Å². The minimum atomic E-state index is 0.664. The zero-order valence-corrected chi connectivity index (χ0v) is 9.42. The maximum Gasteiger partial charge on any atom is 0.0697 e. The molecule has 0 aromatic carbocycles. The average molecular weight is 233 g/mol. The third-order valence-electron chi connectivity index (χ3n) is 1.29. The second-order valence-corrected chi connectivity index (χ2v) is 6.46. The molecular weight excluding hydrogens is 226 g/mol. The summed E-state index contributed by atoms with van der Waals surface area (Å²) in [5, 5.41) is 6.38. The minimum absolute atomic E-state index is 0.664. The van der Waals surface area contributed by atoms with Crippen LogP contribution in [-0.4, -0.2) is 6.54 Å². The first-order chi connectivity index (χ1) is 5.90. The molecule has 0 saturated carbocycles. The molecule has 2 aliphatic heterocycles. The molecule has 1 nitrogen and oxygen atoms in total. The van der Waals surface area contributed by atoms with Crippen molar-refractivity contribution in [3.63, 3.8) is 0 Å². The summed E-state index contributed by atoms with van der Waals surface area (Å²) in [6.07, 6.45) is 0. The minimum Gasteiger partial charge on any atom is -0.326 e. The van der Waals surface area contributed by atoms with Crippen molar-refractivity contribution in [2.45, 2.75) is 0 Å². The first-order valence-electron chi connectivity index (χ1n) is 3.36. The van der Waals surface area contributed by atoms with Crippen molar-refractivity contribution >= 4 is 47.0 Å². The molecule has 5 heteroatoms. The Bertz CT molecular complexity index is 269. The lowest BCUT2D eigenvalue weighted by molar-refractivity contribution is 1.24. The van der Waals surface area contributed by atoms with Gasteiger partial charge in [-0.2, -0.15) is 0 Å². The van der Waals surface area contributed by atoms with E-state index in [9.17, 15) is 0 Å². The smallest absolute Gasteiger partial charge is 0.0697 e. The van der Waals surface area contributed by atoms with Gasteiger partial charge in [0.2, 0.25) is 0 Å². The van der Waals surface area contributed by atoms with Crippen LogP contribution in [0.3, 0.4) is 0 Å². The largest absolute Gasteiger partial charge is 0.326 e. The number of rotatable bonds is 1. The predicted molar refractivity (Wildman–Crippen MR) is 63.7 cm³/mol. The molecular formula is C7H7NS4. The number of hydrogen-bond acceptors (Lipinski definition) is 5. The Kier molecular flexibility index (Phi) is 3.20. The molecule has 0 aromatic heterocycles. The molecule has 0 spiro atoms. The lowest BCUT2D eigenvalue weighted by Crippen LogP contribution is -1.97. The Labute approximate surface area is 88.7 Å². The van der Waals surface area contributed by atoms with Crippen LogP contribution in [-0.2, 0) is 0 Å². The van der Waals surface area contributed by atoms with E-state index < -0.39 is 0 Å². The normalized spacial score (nSPS) is 22.2. The molecule has 0 fully saturated rings. The van der Waals surface area contributed by atoms with Gasteiger partial charge in [0.25, 0.3) is 0 Å². The zero-order valence-electron chi connectivity index (χ0n) is 6.15. The summed E-state index contributed by atoms with van der Waals surface area (Å²) in [4.78, 5) is 1.27. The summed E-state index contributed by atoms with van der Waals surface area (Å²) in [5.41, 5.74) is 5.54. The topological polar surface area (TPSA) is 26.0 Å². The molecule has 0 aromatic rings. The van der Waals surface area contributed by atoms with Crippen molar-refractivity contribution in [2.75, 3.05) is 6.54 Å². The monoisotopic (exact) mass is 233 g/mol. The Morgan fingerprint density at radius 1 is 1.08 bits per heavy atom. The molecule has 64 valence electrons. The molecule has 0 amide bonds. The summed E-state index contributed by atoms with van der Waals surface area (Å²) >= 11 is 7.19. The van der Waals surface area contributed by atoms with Crippen LogP contribution in [0.2, 0.25) is 0 Å². The van der Waals surface area contributed by atoms with Crippen molar-refractivity contribution in [3.05, 3.63) is 29.6 Å². The third-order valence-corrected chi connectivity index (χ3v) is 6.39. The highest BCUT2D eigenvalue weighted by Gasteiger charge is 2.17. The van der Waals surface area contributed by atoms with Crippen molar-refractivity contribution in [2.24, 2.45) is 5.73 Å². The highest BCUT2D eigenvalue weighted by molar-refractivity contribution is 8.33. The summed E-state index contributed by atoms with van der Waals surface area (Å²) < 4.78 is 2.78. The standard InChI is InChI=1S/C7H7NS4/c8-3-5-4-11-7(12-5)6-9-1-2-10-6/h1-2,4H,3,8H2. The van der Waals surface area contributed by atoms with Crippen LogP contribution >= 0.6 is 47.0 Å². The van der Waals surface area contributed by atoms with E-state index in [1.807, 2.05) is 0 Å². The molecule has 2 aliphatic rings. The van der Waals surface area contributed by atoms with E-state index in [4.69, 9.17) is 5.73 Å². The second kappa shape index (κ2) is 4.19. The zero-order chi connectivity index (χ0) is 8.39. The quantitative estimate of drug-likeness (QED) is 0.749. The van der Waals surface area contributed by atoms with Gasteiger partial charge in [-0.3, -0.25) is 0 Å². The lowest BCUT2D eigenvalue weighted by Gasteiger charge is -1.99. The molecule has 2 rings (SSSR count). The van der Waals surface area contributed by atoms with E-state index >= 15 is 0 Å². The van der Waals surface area contributed by atoms with Crippen LogP contribution in [0.15, 0.2) is 29.6 Å². The fraction of sp³-hybridized carbons (Fsp3) is 0.143. The van der Waals surface area contributed by atoms with E-state index in [0.717, 1.165) is 0 Å². The van der Waals surface area contributed by atoms with Crippen molar-refractivity contribution < 1.29 is 0 Å². The Morgan fingerprint density at radius 3 is 2.42 bits per heavy atom. The second-order valence-electron chi connectivity index (χ2n) is 2.09. The maximum atomic E-state index is 5.54. The Hall–Kier alpha value is 0.580. The SMILES string of the molecule is NCC1=CSC(=C2SC=CS2)S1. The highest BCUT2D eigenvalue weighted by atomic mass is 32.2. The first-order valence-corrected chi connectivity index (χ1v) is 6.82. The van der Waals surface area contributed by atoms with Gasteiger partial charge in [0.1, 0.15) is 0 Å². The van der Waals surface area contributed by atoms with Crippen LogP contribution in [0.1, 0.15) is 0 Å². The average Bonchev–Trinajstić information content (AvgIpc) is 2.75. The van der Waals surface area contributed by atoms with Gasteiger partial charge < -0.3 is 5.73 Å². The number of nitrogens with two attached hydrogens (primary N) is 1. The summed E-state index contributed by atoms with van der Waals surface area (Å²) in [7, 11) is 0. The van der Waals surface area contributed by atoms with Crippen LogP contribution < -0.4 is 5.73 Å². The van der Waals surface area contributed by atoms with Crippen molar-refractivity contribution in [1.82, 2.24) is 0 Å². The fourth-order valence-electron chi connectivity index (χ4n) is 0.769. The Balaban J connectivity index is 2.06. The fourth-order valence-corrected chi connectivity index (χ4v) is 5.16. The van der Waals surface area contributed by atoms with Crippen LogP contribution in [0, 0.1) is 0 Å². The molecule has 2 N–H and O–H groups in total. The lowest BCUT2D eigenvalue weighted by atomic mass is 10.6. The Morgan fingerprint density at radius 2 is 1.83 bits per heavy atom.